The van der Waals surface area contributed by atoms with Crippen LogP contribution in [0.2, 0.25) is 5.02 Å². The van der Waals surface area contributed by atoms with Crippen LogP contribution in [0.1, 0.15) is 37.0 Å². The largest absolute Gasteiger partial charge is 0.425 e. The van der Waals surface area contributed by atoms with Crippen LogP contribution in [-0.2, 0) is 9.59 Å². The van der Waals surface area contributed by atoms with Crippen LogP contribution in [0.25, 0.3) is 0 Å². The molecule has 4 rings (SSSR count). The molecule has 1 aliphatic heterocycles. The second-order valence-corrected chi connectivity index (χ2v) is 9.47. The number of amides is 2. The molecule has 0 aromatic heterocycles. The standard InChI is InChI=1S/C24H19ClF4N2O3/c1-22(2)11-17-19(18(32)12-22)23(24(27,28)29,30-20(33)15-5-3-4-6-16(15)25)21(34)31(17)14-9-7-13(26)8-10-14/h3-10H,11-12H2,1-2H3,(H,30,33)/t23-/m0/s1. The van der Waals surface area contributed by atoms with Crippen LogP contribution < -0.4 is 10.2 Å². The van der Waals surface area contributed by atoms with Gasteiger partial charge < -0.3 is 5.32 Å². The number of hydrogen-bond donors (Lipinski definition) is 1. The Kier molecular flexibility index (Phi) is 5.59. The number of nitrogens with one attached hydrogen (secondary N) is 1. The summed E-state index contributed by atoms with van der Waals surface area (Å²) in [6.07, 6.45) is -5.67. The van der Waals surface area contributed by atoms with E-state index >= 15 is 0 Å². The lowest BCUT2D eigenvalue weighted by molar-refractivity contribution is -0.186. The van der Waals surface area contributed by atoms with Crippen LogP contribution in [0.15, 0.2) is 59.8 Å². The molecule has 0 unspecified atom stereocenters. The highest BCUT2D eigenvalue weighted by Gasteiger charge is 2.72. The normalized spacial score (nSPS) is 22.1. The molecule has 1 N–H and O–H groups in total. The fraction of sp³-hybridized carbons (Fsp3) is 0.292. The molecule has 2 aromatic carbocycles. The second kappa shape index (κ2) is 7.94. The molecule has 0 saturated carbocycles. The molecular formula is C24H19ClF4N2O3. The van der Waals surface area contributed by atoms with E-state index in [1.807, 2.05) is 5.32 Å². The van der Waals surface area contributed by atoms with Gasteiger partial charge in [-0.15, -0.1) is 0 Å². The molecule has 0 bridgehead atoms. The molecule has 2 aromatic rings. The first kappa shape index (κ1) is 23.9. The topological polar surface area (TPSA) is 66.5 Å². The minimum absolute atomic E-state index is 0.0447. The van der Waals surface area contributed by atoms with Crippen molar-refractivity contribution in [3.05, 3.63) is 76.2 Å². The lowest BCUT2D eigenvalue weighted by atomic mass is 9.72. The maximum atomic E-state index is 14.8. The summed E-state index contributed by atoms with van der Waals surface area (Å²) in [7, 11) is 0. The maximum Gasteiger partial charge on any atom is 0.425 e. The summed E-state index contributed by atoms with van der Waals surface area (Å²) in [5.74, 6) is -4.38. The van der Waals surface area contributed by atoms with E-state index in [4.69, 9.17) is 11.6 Å². The van der Waals surface area contributed by atoms with Crippen LogP contribution in [0.4, 0.5) is 23.2 Å². The van der Waals surface area contributed by atoms with Gasteiger partial charge in [0.05, 0.1) is 16.2 Å². The average molecular weight is 495 g/mol. The van der Waals surface area contributed by atoms with Crippen LogP contribution in [0.3, 0.4) is 0 Å². The molecule has 1 heterocycles. The summed E-state index contributed by atoms with van der Waals surface area (Å²) >= 11 is 5.99. The van der Waals surface area contributed by atoms with E-state index in [2.05, 4.69) is 0 Å². The number of ketones is 1. The van der Waals surface area contributed by atoms with E-state index in [0.29, 0.717) is 0 Å². The van der Waals surface area contributed by atoms with Crippen molar-refractivity contribution >= 4 is 34.9 Å². The quantitative estimate of drug-likeness (QED) is 0.596. The van der Waals surface area contributed by atoms with Gasteiger partial charge in [0.2, 0.25) is 5.54 Å². The van der Waals surface area contributed by atoms with E-state index in [9.17, 15) is 31.9 Å². The Hall–Kier alpha value is -3.20. The number of alkyl halides is 3. The highest BCUT2D eigenvalue weighted by Crippen LogP contribution is 2.52. The number of Topliss-reactive ketones (excluding diaryl/α,β-unsaturated/α-hetero) is 1. The van der Waals surface area contributed by atoms with Crippen LogP contribution in [0.5, 0.6) is 0 Å². The molecule has 0 spiro atoms. The van der Waals surface area contributed by atoms with E-state index in [1.165, 1.54) is 24.3 Å². The zero-order chi connectivity index (χ0) is 25.1. The van der Waals surface area contributed by atoms with Crippen molar-refractivity contribution < 1.29 is 31.9 Å². The first-order valence-corrected chi connectivity index (χ1v) is 10.7. The zero-order valence-electron chi connectivity index (χ0n) is 18.1. The summed E-state index contributed by atoms with van der Waals surface area (Å²) in [6, 6.07) is 9.70. The van der Waals surface area contributed by atoms with Crippen molar-refractivity contribution in [2.24, 2.45) is 5.41 Å². The molecule has 1 aliphatic carbocycles. The molecular weight excluding hydrogens is 476 g/mol. The van der Waals surface area contributed by atoms with Gasteiger partial charge in [0.25, 0.3) is 11.8 Å². The number of allylic oxidation sites excluding steroid dienone is 1. The van der Waals surface area contributed by atoms with Gasteiger partial charge in [-0.25, -0.2) is 4.39 Å². The Morgan fingerprint density at radius 3 is 2.24 bits per heavy atom. The van der Waals surface area contributed by atoms with Gasteiger partial charge in [-0.05, 0) is 48.2 Å². The van der Waals surface area contributed by atoms with Gasteiger partial charge in [0.15, 0.2) is 5.78 Å². The number of carbonyl (C=O) groups excluding carboxylic acids is 3. The lowest BCUT2D eigenvalue weighted by Crippen LogP contribution is -2.66. The molecule has 0 fully saturated rings. The van der Waals surface area contributed by atoms with Crippen LogP contribution in [-0.4, -0.2) is 29.3 Å². The Labute approximate surface area is 197 Å². The second-order valence-electron chi connectivity index (χ2n) is 9.06. The van der Waals surface area contributed by atoms with Gasteiger partial charge in [0.1, 0.15) is 5.82 Å². The number of hydrogen-bond acceptors (Lipinski definition) is 3. The first-order chi connectivity index (χ1) is 15.8. The van der Waals surface area contributed by atoms with Crippen molar-refractivity contribution in [2.45, 2.75) is 38.4 Å². The third-order valence-electron chi connectivity index (χ3n) is 5.95. The van der Waals surface area contributed by atoms with Gasteiger partial charge in [-0.2, -0.15) is 13.2 Å². The molecule has 34 heavy (non-hydrogen) atoms. The summed E-state index contributed by atoms with van der Waals surface area (Å²) in [5.41, 5.74) is -5.71. The molecule has 0 radical (unpaired) electrons. The van der Waals surface area contributed by atoms with E-state index < -0.39 is 46.1 Å². The number of carbonyl (C=O) groups is 3. The van der Waals surface area contributed by atoms with Crippen molar-refractivity contribution in [3.8, 4) is 0 Å². The molecule has 10 heteroatoms. The number of halogens is 5. The van der Waals surface area contributed by atoms with Gasteiger partial charge >= 0.3 is 6.18 Å². The monoisotopic (exact) mass is 494 g/mol. The molecule has 178 valence electrons. The maximum absolute atomic E-state index is 14.8. The Morgan fingerprint density at radius 1 is 1.03 bits per heavy atom. The molecule has 0 saturated heterocycles. The predicted molar refractivity (Wildman–Crippen MR) is 117 cm³/mol. The number of anilines is 1. The smallest absolute Gasteiger partial charge is 0.326 e. The van der Waals surface area contributed by atoms with Crippen molar-refractivity contribution in [1.82, 2.24) is 5.32 Å². The van der Waals surface area contributed by atoms with Crippen LogP contribution >= 0.6 is 11.6 Å². The van der Waals surface area contributed by atoms with Crippen molar-refractivity contribution in [2.75, 3.05) is 4.90 Å². The number of rotatable bonds is 3. The minimum atomic E-state index is -5.37. The van der Waals surface area contributed by atoms with E-state index in [0.717, 1.165) is 29.2 Å². The van der Waals surface area contributed by atoms with Crippen molar-refractivity contribution in [1.29, 1.82) is 0 Å². The van der Waals surface area contributed by atoms with Crippen molar-refractivity contribution in [3.63, 3.8) is 0 Å². The highest BCUT2D eigenvalue weighted by molar-refractivity contribution is 6.34. The summed E-state index contributed by atoms with van der Waals surface area (Å²) in [5, 5.41) is 1.69. The predicted octanol–water partition coefficient (Wildman–Crippen LogP) is 5.20. The summed E-state index contributed by atoms with van der Waals surface area (Å²) < 4.78 is 57.9. The molecule has 2 amide bonds. The summed E-state index contributed by atoms with van der Waals surface area (Å²) in [6.45, 7) is 3.38. The fourth-order valence-corrected chi connectivity index (χ4v) is 4.72. The molecule has 5 nitrogen and oxygen atoms in total. The van der Waals surface area contributed by atoms with E-state index in [1.54, 1.807) is 13.8 Å². The first-order valence-electron chi connectivity index (χ1n) is 10.3. The lowest BCUT2D eigenvalue weighted by Gasteiger charge is -2.35. The number of benzene rings is 2. The third-order valence-corrected chi connectivity index (χ3v) is 6.28. The molecule has 2 aliphatic rings. The van der Waals surface area contributed by atoms with Gasteiger partial charge in [-0.3, -0.25) is 19.3 Å². The highest BCUT2D eigenvalue weighted by atomic mass is 35.5. The van der Waals surface area contributed by atoms with Crippen LogP contribution in [0, 0.1) is 11.2 Å². The Balaban J connectivity index is 1.95. The third kappa shape index (κ3) is 3.68. The molecule has 1 atom stereocenters. The van der Waals surface area contributed by atoms with E-state index in [-0.39, 0.29) is 34.8 Å². The minimum Gasteiger partial charge on any atom is -0.326 e. The Morgan fingerprint density at radius 2 is 1.65 bits per heavy atom. The number of nitrogens with zero attached hydrogens (tertiary/aromatic N) is 1. The zero-order valence-corrected chi connectivity index (χ0v) is 18.9. The summed E-state index contributed by atoms with van der Waals surface area (Å²) in [4.78, 5) is 40.5. The van der Waals surface area contributed by atoms with Gasteiger partial charge in [0, 0.05) is 17.8 Å². The van der Waals surface area contributed by atoms with Gasteiger partial charge in [-0.1, -0.05) is 37.6 Å². The SMILES string of the molecule is CC1(C)CC(=O)C2=C(C1)N(c1ccc(F)cc1)C(=O)[C@]2(NC(=O)c1ccccc1Cl)C(F)(F)F. The fourth-order valence-electron chi connectivity index (χ4n) is 4.50. The average Bonchev–Trinajstić information content (AvgIpc) is 2.96. The Bertz CT molecular complexity index is 1240.